The molecule has 22 N–H and O–H groups in total. The molecule has 14 bridgehead atoms. The lowest BCUT2D eigenvalue weighted by Crippen LogP contribution is -2.68. The summed E-state index contributed by atoms with van der Waals surface area (Å²) in [5.74, 6) is -2.59. The summed E-state index contributed by atoms with van der Waals surface area (Å²) in [4.78, 5) is 61.3. The first-order valence-corrected chi connectivity index (χ1v) is 46.8. The zero-order valence-corrected chi connectivity index (χ0v) is 71.5. The number of carbonyl (C=O) groups excluding carboxylic acids is 4. The number of nitrogens with one attached hydrogen (secondary N) is 3. The normalized spacial score (nSPS) is 39.4. The van der Waals surface area contributed by atoms with E-state index in [2.05, 4.69) is 25.9 Å². The van der Waals surface area contributed by atoms with Gasteiger partial charge in [0.15, 0.2) is 44.0 Å². The number of rotatable bonds is 37. The van der Waals surface area contributed by atoms with E-state index in [4.69, 9.17) is 75.8 Å². The molecule has 0 spiro atoms. The fraction of sp³-hybridized carbons (Fsp3) is 0.808. The molecule has 21 aliphatic heterocycles. The first-order chi connectivity index (χ1) is 59.1. The van der Waals surface area contributed by atoms with Gasteiger partial charge in [0.2, 0.25) is 11.8 Å². The Hall–Kier alpha value is -2.76. The molecular formula is C73H113N5O39S6. The number of hydrogen-bond acceptors (Lipinski definition) is 48. The van der Waals surface area contributed by atoms with Crippen LogP contribution in [0.3, 0.4) is 0 Å². The van der Waals surface area contributed by atoms with Gasteiger partial charge in [-0.3, -0.25) is 19.2 Å². The Kier molecular flexibility index (Phi) is 42.2. The highest BCUT2D eigenvalue weighted by atomic mass is 33.1. The van der Waals surface area contributed by atoms with Crippen molar-refractivity contribution in [2.75, 3.05) is 114 Å². The topological polar surface area (TPSA) is 662 Å². The summed E-state index contributed by atoms with van der Waals surface area (Å²) in [6, 6.07) is 9.91. The Balaban J connectivity index is 0.912. The maximum atomic E-state index is 14.2. The molecule has 21 saturated heterocycles. The monoisotopic (exact) mass is 1880 g/mol. The van der Waals surface area contributed by atoms with E-state index in [1.54, 1.807) is 30.6 Å². The summed E-state index contributed by atoms with van der Waals surface area (Å²) >= 11 is 1.96. The second-order valence-electron chi connectivity index (χ2n) is 29.8. The number of carbonyl (C=O) groups is 4. The maximum Gasteiger partial charge on any atom is 0.238 e. The highest BCUT2D eigenvalue weighted by Crippen LogP contribution is 2.41. The van der Waals surface area contributed by atoms with E-state index in [1.165, 1.54) is 57.1 Å². The summed E-state index contributed by atoms with van der Waals surface area (Å²) in [7, 11) is 7.12. The molecule has 0 radical (unpaired) electrons. The van der Waals surface area contributed by atoms with Crippen LogP contribution in [0.25, 0.3) is 0 Å². The van der Waals surface area contributed by atoms with Crippen molar-refractivity contribution in [2.45, 2.75) is 257 Å². The van der Waals surface area contributed by atoms with Gasteiger partial charge in [0.05, 0.1) is 83.6 Å². The summed E-state index contributed by atoms with van der Waals surface area (Å²) in [6.45, 7) is -3.37. The van der Waals surface area contributed by atoms with Gasteiger partial charge in [-0.25, -0.2) is 9.97 Å². The molecule has 2 aromatic heterocycles. The molecule has 23 heterocycles. The Labute approximate surface area is 730 Å². The Morgan fingerprint density at radius 3 is 0.992 bits per heavy atom. The smallest absolute Gasteiger partial charge is 0.238 e. The van der Waals surface area contributed by atoms with Crippen molar-refractivity contribution in [3.8, 4) is 0 Å². The van der Waals surface area contributed by atoms with Crippen molar-refractivity contribution in [3.63, 3.8) is 0 Å². The molecule has 23 rings (SSSR count). The van der Waals surface area contributed by atoms with Crippen LogP contribution in [-0.2, 0) is 95.0 Å². The van der Waals surface area contributed by atoms with Gasteiger partial charge in [-0.2, -0.15) is 23.5 Å². The number of likely N-dealkylation sites (N-methyl/N-ethyl adjacent to an activating group) is 1. The Bertz CT molecular complexity index is 3460. The summed E-state index contributed by atoms with van der Waals surface area (Å²) in [6.07, 6.45) is -69.3. The van der Waals surface area contributed by atoms with E-state index in [9.17, 15) is 116 Å². The molecule has 50 heteroatoms. The van der Waals surface area contributed by atoms with Crippen LogP contribution in [0, 0.1) is 5.92 Å². The van der Waals surface area contributed by atoms with Crippen LogP contribution in [-0.4, -0.2) is 465 Å². The largest absolute Gasteiger partial charge is 0.394 e. The minimum Gasteiger partial charge on any atom is -0.394 e. The number of nitrogens with zero attached hydrogens (tertiary/aromatic N) is 2. The predicted octanol–water partition coefficient (Wildman–Crippen LogP) is -9.28. The first kappa shape index (κ1) is 102. The highest BCUT2D eigenvalue weighted by Gasteiger charge is 2.60. The minimum absolute atomic E-state index is 0.0233. The molecule has 2 aromatic rings. The van der Waals surface area contributed by atoms with Crippen LogP contribution in [0.2, 0.25) is 0 Å². The van der Waals surface area contributed by atoms with E-state index < -0.39 is 283 Å². The summed E-state index contributed by atoms with van der Waals surface area (Å²) in [5, 5.41) is 231. The number of aliphatic hydroxyl groups is 19. The van der Waals surface area contributed by atoms with Gasteiger partial charge >= 0.3 is 0 Å². The quantitative estimate of drug-likeness (QED) is 0.0221. The molecule has 0 aromatic carbocycles. The number of thioether (sulfide) groups is 2. The number of aromatic nitrogens is 2. The van der Waals surface area contributed by atoms with Crippen molar-refractivity contribution < 1.29 is 192 Å². The second-order valence-corrected chi connectivity index (χ2v) is 36.8. The minimum atomic E-state index is -2.30. The summed E-state index contributed by atoms with van der Waals surface area (Å²) in [5.41, 5.74) is 0. The number of pyridine rings is 2. The third-order valence-corrected chi connectivity index (χ3v) is 28.0. The molecule has 21 aliphatic rings. The lowest BCUT2D eigenvalue weighted by atomic mass is 9.95. The van der Waals surface area contributed by atoms with Crippen molar-refractivity contribution in [1.82, 2.24) is 25.9 Å². The van der Waals surface area contributed by atoms with Gasteiger partial charge in [-0.15, -0.1) is 0 Å². The van der Waals surface area contributed by atoms with Gasteiger partial charge in [-0.05, 0) is 59.8 Å². The molecule has 2 amide bonds. The molecule has 14 unspecified atom stereocenters. The molecule has 21 fully saturated rings. The highest BCUT2D eigenvalue weighted by molar-refractivity contribution is 8.77. The molecule has 700 valence electrons. The number of amides is 2. The van der Waals surface area contributed by atoms with Gasteiger partial charge in [0.25, 0.3) is 0 Å². The molecule has 0 aliphatic carbocycles. The van der Waals surface area contributed by atoms with E-state index in [1.807, 2.05) is 18.2 Å². The van der Waals surface area contributed by atoms with Crippen LogP contribution in [0.5, 0.6) is 0 Å². The fourth-order valence-electron chi connectivity index (χ4n) is 14.3. The molecule has 123 heavy (non-hydrogen) atoms. The number of aliphatic hydroxyl groups excluding tert-OH is 19. The average Bonchev–Trinajstić information content (AvgIpc) is 0.886. The number of ketones is 2. The van der Waals surface area contributed by atoms with Gasteiger partial charge in [0, 0.05) is 79.3 Å². The number of Topliss-reactive ketones (excluding diaryl/α,β-unsaturated/α-hetero) is 2. The van der Waals surface area contributed by atoms with Crippen molar-refractivity contribution in [3.05, 3.63) is 48.8 Å². The van der Waals surface area contributed by atoms with Crippen LogP contribution < -0.4 is 16.0 Å². The van der Waals surface area contributed by atoms with Crippen molar-refractivity contribution >= 4 is 90.1 Å². The van der Waals surface area contributed by atoms with E-state index >= 15 is 0 Å². The average molecular weight is 1880 g/mol. The van der Waals surface area contributed by atoms with Crippen molar-refractivity contribution in [1.29, 1.82) is 0 Å². The number of hydrogen-bond donors (Lipinski definition) is 22. The van der Waals surface area contributed by atoms with Gasteiger partial charge < -0.3 is 189 Å². The van der Waals surface area contributed by atoms with Crippen LogP contribution >= 0.6 is 66.7 Å². The van der Waals surface area contributed by atoms with E-state index in [0.717, 1.165) is 28.5 Å². The zero-order chi connectivity index (χ0) is 88.7. The summed E-state index contributed by atoms with van der Waals surface area (Å²) < 4.78 is 95.5. The Morgan fingerprint density at radius 1 is 0.390 bits per heavy atom. The van der Waals surface area contributed by atoms with Crippen LogP contribution in [0.1, 0.15) is 26.2 Å². The van der Waals surface area contributed by atoms with Gasteiger partial charge in [-0.1, -0.05) is 33.7 Å². The van der Waals surface area contributed by atoms with E-state index in [0.29, 0.717) is 16.5 Å². The standard InChI is InChI=1S/C73H113N5O39S6/c1-31(84)9-15-102-17-18-103-16-10-33(85)21-32(65(100)77-13-19-120-122-42-7-3-5-11-75-42)27-118-29-40-63-49(91)56(98)72(109-40)114-61-38(25-82)105-69(52(94)45(61)87)113-60-37(24-81)108-71(55(97)48(60)90)117-64-41(30-119-28-34(74-2)66(101)78-14-20-121-123-43-8-4-6-12-76-43)110-73(57(99)50(64)92)115-62-39(26-83)106-68(53(95)46(62)88)111-58-35(22-79)104-67(51(93)44(58)86)112-59-36(23-80)107-70(116-63)54(96)47(59)89/h3-8,11-12,32,34-41,44-64,67-74,79-83,86-99H,9-10,13-30H2,1-2H3,(H,77,100)(H,78,101)/t32-,34-,35?,36?,37?,38?,39?,40?,41?,44-,45-,46-,47-,48-,49-,50-,51+,52?,53+,54?,55?,56?,57?,58-,59-,60-,61-,62-,63-,64-,67?,68?,69+,70-,71+,72-,73+/m1/s1. The fourth-order valence-corrected chi connectivity index (χ4v) is 20.3. The third kappa shape index (κ3) is 27.5. The molecule has 37 atom stereocenters. The lowest BCUT2D eigenvalue weighted by Gasteiger charge is -2.50. The molecular weight excluding hydrogens is 1760 g/mol. The second kappa shape index (κ2) is 50.8. The maximum absolute atomic E-state index is 14.2. The predicted molar refractivity (Wildman–Crippen MR) is 428 cm³/mol. The van der Waals surface area contributed by atoms with Crippen molar-refractivity contribution in [2.24, 2.45) is 5.92 Å². The first-order valence-electron chi connectivity index (χ1n) is 39.8. The number of ether oxygens (including phenoxy) is 16. The molecule has 0 saturated carbocycles. The molecule has 44 nitrogen and oxygen atoms in total. The van der Waals surface area contributed by atoms with E-state index in [-0.39, 0.29) is 81.8 Å². The zero-order valence-electron chi connectivity index (χ0n) is 66.6. The van der Waals surface area contributed by atoms with Crippen LogP contribution in [0.4, 0.5) is 0 Å². The third-order valence-electron chi connectivity index (χ3n) is 21.1. The van der Waals surface area contributed by atoms with Gasteiger partial charge in [0.1, 0.15) is 180 Å². The SMILES string of the molecule is CN[C@H](CSCC1O[C@H]2O[C@@H]3C(CO)OC(O[C@@H]4C(CO)OC(O[C@@H]5C(CO)O[C@H](O[C@@H]6C(CSC[C@@H](CC(=O)CCOCCOCCC(C)=O)C(=O)NCCSSc7ccccn7)O[C@H](O[C@@H]7C(CO)O[C@@H](O[C@@H]8C(CO)O[C@@H](O[C@H]1[C@H](O)C2O)C(O)[C@H]8O)C(O)[C@H]7O)C(O)[C@H]6O)C(O)[C@H]5O)[C@@H](O)[C@H]4O)[C@@H](O)[C@H]3O)C(=O)NCCSSc1ccccn1. The lowest BCUT2D eigenvalue weighted by molar-refractivity contribution is -0.395. The Morgan fingerprint density at radius 2 is 0.691 bits per heavy atom. The van der Waals surface area contributed by atoms with Crippen LogP contribution in [0.15, 0.2) is 58.8 Å².